The van der Waals surface area contributed by atoms with Gasteiger partial charge in [-0.25, -0.2) is 0 Å². The summed E-state index contributed by atoms with van der Waals surface area (Å²) in [7, 11) is 0. The van der Waals surface area contributed by atoms with E-state index in [2.05, 4.69) is 21.2 Å². The van der Waals surface area contributed by atoms with Gasteiger partial charge in [-0.15, -0.1) is 0 Å². The fourth-order valence-electron chi connectivity index (χ4n) is 1.15. The van der Waals surface area contributed by atoms with Crippen molar-refractivity contribution in [1.29, 1.82) is 0 Å². The van der Waals surface area contributed by atoms with E-state index in [1.54, 1.807) is 18.2 Å². The second-order valence-electron chi connectivity index (χ2n) is 3.65. The predicted octanol–water partition coefficient (Wildman–Crippen LogP) is 2.57. The van der Waals surface area contributed by atoms with E-state index >= 15 is 0 Å². The molecule has 3 N–H and O–H groups in total. The van der Waals surface area contributed by atoms with Gasteiger partial charge < -0.3 is 11.1 Å². The smallest absolute Gasteiger partial charge is 0.251 e. The van der Waals surface area contributed by atoms with Gasteiger partial charge in [-0.05, 0) is 47.5 Å². The highest BCUT2D eigenvalue weighted by Crippen LogP contribution is 2.23. The number of nitrogens with two attached hydrogens (primary N) is 1. The predicted molar refractivity (Wildman–Crippen MR) is 69.8 cm³/mol. The number of hydrogen-bond acceptors (Lipinski definition) is 2. The van der Waals surface area contributed by atoms with Gasteiger partial charge in [0.25, 0.3) is 5.91 Å². The van der Waals surface area contributed by atoms with Crippen LogP contribution in [0.1, 0.15) is 23.7 Å². The van der Waals surface area contributed by atoms with E-state index in [0.717, 1.165) is 10.9 Å². The second-order valence-corrected chi connectivity index (χ2v) is 4.91. The minimum Gasteiger partial charge on any atom is -0.352 e. The van der Waals surface area contributed by atoms with E-state index in [4.69, 9.17) is 17.3 Å². The first-order chi connectivity index (χ1) is 7.50. The van der Waals surface area contributed by atoms with Crippen molar-refractivity contribution in [2.24, 2.45) is 5.73 Å². The number of amides is 1. The number of rotatable bonds is 4. The standard InChI is InChI=1S/C11H14BrClN2O/c1-7(14)4-5-15-11(16)8-2-3-9(12)10(13)6-8/h2-3,6-7H,4-5,14H2,1H3,(H,15,16). The molecule has 1 aromatic carbocycles. The summed E-state index contributed by atoms with van der Waals surface area (Å²) in [6, 6.07) is 5.20. The molecule has 16 heavy (non-hydrogen) atoms. The first-order valence-electron chi connectivity index (χ1n) is 4.99. The molecule has 1 rings (SSSR count). The number of nitrogens with one attached hydrogen (secondary N) is 1. The first kappa shape index (κ1) is 13.5. The summed E-state index contributed by atoms with van der Waals surface area (Å²) in [6.07, 6.45) is 0.760. The van der Waals surface area contributed by atoms with E-state index in [0.29, 0.717) is 17.1 Å². The SMILES string of the molecule is CC(N)CCNC(=O)c1ccc(Br)c(Cl)c1. The minimum atomic E-state index is -0.130. The van der Waals surface area contributed by atoms with Crippen molar-refractivity contribution in [3.63, 3.8) is 0 Å². The zero-order valence-electron chi connectivity index (χ0n) is 8.97. The lowest BCUT2D eigenvalue weighted by Gasteiger charge is -2.07. The van der Waals surface area contributed by atoms with Crippen molar-refractivity contribution in [3.8, 4) is 0 Å². The molecular formula is C11H14BrClN2O. The molecule has 0 aliphatic rings. The Morgan fingerprint density at radius 1 is 1.62 bits per heavy atom. The first-order valence-corrected chi connectivity index (χ1v) is 6.16. The summed E-state index contributed by atoms with van der Waals surface area (Å²) in [5.41, 5.74) is 6.14. The molecule has 0 aliphatic carbocycles. The lowest BCUT2D eigenvalue weighted by atomic mass is 10.2. The normalized spacial score (nSPS) is 12.2. The Morgan fingerprint density at radius 3 is 2.88 bits per heavy atom. The Hall–Kier alpha value is -0.580. The van der Waals surface area contributed by atoms with Gasteiger partial charge >= 0.3 is 0 Å². The monoisotopic (exact) mass is 304 g/mol. The average molecular weight is 306 g/mol. The molecule has 1 amide bonds. The number of benzene rings is 1. The van der Waals surface area contributed by atoms with E-state index in [1.165, 1.54) is 0 Å². The summed E-state index contributed by atoms with van der Waals surface area (Å²) < 4.78 is 0.779. The summed E-state index contributed by atoms with van der Waals surface area (Å²) >= 11 is 9.17. The molecule has 1 unspecified atom stereocenters. The van der Waals surface area contributed by atoms with Crippen molar-refractivity contribution >= 4 is 33.4 Å². The van der Waals surface area contributed by atoms with Crippen LogP contribution in [-0.2, 0) is 0 Å². The molecule has 88 valence electrons. The molecule has 0 heterocycles. The van der Waals surface area contributed by atoms with Gasteiger partial charge in [0.2, 0.25) is 0 Å². The van der Waals surface area contributed by atoms with E-state index in [9.17, 15) is 4.79 Å². The van der Waals surface area contributed by atoms with Crippen molar-refractivity contribution in [2.45, 2.75) is 19.4 Å². The molecule has 5 heteroatoms. The maximum Gasteiger partial charge on any atom is 0.251 e. The number of carbonyl (C=O) groups is 1. The van der Waals surface area contributed by atoms with Crippen molar-refractivity contribution in [1.82, 2.24) is 5.32 Å². The summed E-state index contributed by atoms with van der Waals surface area (Å²) in [6.45, 7) is 2.48. The van der Waals surface area contributed by atoms with Crippen LogP contribution in [0, 0.1) is 0 Å². The molecule has 0 aliphatic heterocycles. The quantitative estimate of drug-likeness (QED) is 0.898. The van der Waals surface area contributed by atoms with Crippen molar-refractivity contribution in [2.75, 3.05) is 6.54 Å². The number of halogens is 2. The van der Waals surface area contributed by atoms with Crippen LogP contribution in [-0.4, -0.2) is 18.5 Å². The fraction of sp³-hybridized carbons (Fsp3) is 0.364. The molecule has 0 saturated carbocycles. The van der Waals surface area contributed by atoms with Crippen LogP contribution in [0.25, 0.3) is 0 Å². The van der Waals surface area contributed by atoms with Crippen molar-refractivity contribution < 1.29 is 4.79 Å². The van der Waals surface area contributed by atoms with Crippen LogP contribution >= 0.6 is 27.5 Å². The molecule has 1 atom stereocenters. The van der Waals surface area contributed by atoms with Crippen LogP contribution in [0.2, 0.25) is 5.02 Å². The van der Waals surface area contributed by atoms with E-state index in [1.807, 2.05) is 6.92 Å². The lowest BCUT2D eigenvalue weighted by Crippen LogP contribution is -2.28. The summed E-state index contributed by atoms with van der Waals surface area (Å²) in [5.74, 6) is -0.130. The zero-order valence-corrected chi connectivity index (χ0v) is 11.3. The van der Waals surface area contributed by atoms with Crippen LogP contribution in [0.5, 0.6) is 0 Å². The van der Waals surface area contributed by atoms with Crippen LogP contribution < -0.4 is 11.1 Å². The minimum absolute atomic E-state index is 0.0915. The van der Waals surface area contributed by atoms with Gasteiger partial charge in [0.1, 0.15) is 0 Å². The number of carbonyl (C=O) groups excluding carboxylic acids is 1. The largest absolute Gasteiger partial charge is 0.352 e. The highest BCUT2D eigenvalue weighted by atomic mass is 79.9. The van der Waals surface area contributed by atoms with Gasteiger partial charge in [0.05, 0.1) is 5.02 Å². The molecule has 0 radical (unpaired) electrons. The molecule has 0 bridgehead atoms. The molecule has 0 aromatic heterocycles. The van der Waals surface area contributed by atoms with E-state index < -0.39 is 0 Å². The average Bonchev–Trinajstić information content (AvgIpc) is 2.21. The molecule has 0 spiro atoms. The Labute approximate surface area is 108 Å². The Bertz CT molecular complexity index is 382. The van der Waals surface area contributed by atoms with Crippen LogP contribution in [0.4, 0.5) is 0 Å². The van der Waals surface area contributed by atoms with Crippen LogP contribution in [0.3, 0.4) is 0 Å². The lowest BCUT2D eigenvalue weighted by molar-refractivity contribution is 0.0953. The van der Waals surface area contributed by atoms with Gasteiger partial charge in [0.15, 0.2) is 0 Å². The van der Waals surface area contributed by atoms with Crippen LogP contribution in [0.15, 0.2) is 22.7 Å². The summed E-state index contributed by atoms with van der Waals surface area (Å²) in [5, 5.41) is 3.31. The maximum atomic E-state index is 11.7. The molecule has 0 fully saturated rings. The van der Waals surface area contributed by atoms with Gasteiger partial charge in [-0.2, -0.15) is 0 Å². The highest BCUT2D eigenvalue weighted by Gasteiger charge is 2.07. The molecule has 3 nitrogen and oxygen atoms in total. The second kappa shape index (κ2) is 6.23. The third-order valence-electron chi connectivity index (χ3n) is 2.07. The summed E-state index contributed by atoms with van der Waals surface area (Å²) in [4.78, 5) is 11.7. The zero-order chi connectivity index (χ0) is 12.1. The molecular weight excluding hydrogens is 291 g/mol. The highest BCUT2D eigenvalue weighted by molar-refractivity contribution is 9.10. The van der Waals surface area contributed by atoms with Gasteiger partial charge in [-0.1, -0.05) is 11.6 Å². The van der Waals surface area contributed by atoms with Gasteiger partial charge in [0, 0.05) is 22.6 Å². The van der Waals surface area contributed by atoms with E-state index in [-0.39, 0.29) is 11.9 Å². The third-order valence-corrected chi connectivity index (χ3v) is 3.30. The Kier molecular flexibility index (Phi) is 5.25. The van der Waals surface area contributed by atoms with Gasteiger partial charge in [-0.3, -0.25) is 4.79 Å². The van der Waals surface area contributed by atoms with Crippen molar-refractivity contribution in [3.05, 3.63) is 33.3 Å². The Balaban J connectivity index is 2.56. The molecule has 1 aromatic rings. The maximum absolute atomic E-state index is 11.7. The Morgan fingerprint density at radius 2 is 2.31 bits per heavy atom. The fourth-order valence-corrected chi connectivity index (χ4v) is 1.58. The molecule has 0 saturated heterocycles. The third kappa shape index (κ3) is 4.12. The topological polar surface area (TPSA) is 55.1 Å². The number of hydrogen-bond donors (Lipinski definition) is 2.